The van der Waals surface area contributed by atoms with Gasteiger partial charge in [-0.25, -0.2) is 0 Å². The Morgan fingerprint density at radius 2 is 2.00 bits per heavy atom. The maximum atomic E-state index is 13.4. The quantitative estimate of drug-likeness (QED) is 0.910. The SMILES string of the molecule is Cc1cccc(C(=O)N2C[C@H]3C[C@H]3[C@H]2CN)c1-c1ccc2c(c1)OCCO2. The van der Waals surface area contributed by atoms with Crippen molar-refractivity contribution >= 4 is 5.91 Å². The maximum Gasteiger partial charge on any atom is 0.254 e. The van der Waals surface area contributed by atoms with Gasteiger partial charge in [-0.15, -0.1) is 0 Å². The van der Waals surface area contributed by atoms with E-state index in [1.54, 1.807) is 0 Å². The Hall–Kier alpha value is -2.53. The Labute approximate surface area is 159 Å². The summed E-state index contributed by atoms with van der Waals surface area (Å²) in [6, 6.07) is 12.0. The molecule has 5 heteroatoms. The molecule has 2 heterocycles. The van der Waals surface area contributed by atoms with Crippen molar-refractivity contribution in [2.45, 2.75) is 19.4 Å². The second kappa shape index (κ2) is 6.27. The third-order valence-electron chi connectivity index (χ3n) is 6.14. The van der Waals surface area contributed by atoms with Crippen molar-refractivity contribution < 1.29 is 14.3 Å². The summed E-state index contributed by atoms with van der Waals surface area (Å²) in [7, 11) is 0. The highest BCUT2D eigenvalue weighted by molar-refractivity contribution is 6.02. The first kappa shape index (κ1) is 16.6. The minimum Gasteiger partial charge on any atom is -0.486 e. The molecule has 2 N–H and O–H groups in total. The number of piperidine rings is 1. The molecule has 0 spiro atoms. The Kier molecular flexibility index (Phi) is 3.86. The van der Waals surface area contributed by atoms with Crippen LogP contribution in [-0.2, 0) is 0 Å². The summed E-state index contributed by atoms with van der Waals surface area (Å²) >= 11 is 0. The van der Waals surface area contributed by atoms with Gasteiger partial charge in [-0.05, 0) is 60.1 Å². The number of ether oxygens (including phenoxy) is 2. The number of aryl methyl sites for hydroxylation is 1. The predicted molar refractivity (Wildman–Crippen MR) is 103 cm³/mol. The maximum absolute atomic E-state index is 13.4. The minimum atomic E-state index is 0.0891. The first-order valence-electron chi connectivity index (χ1n) is 9.68. The highest BCUT2D eigenvalue weighted by Gasteiger charge is 2.53. The molecule has 2 fully saturated rings. The van der Waals surface area contributed by atoms with Crippen LogP contribution in [0.4, 0.5) is 0 Å². The number of benzene rings is 2. The van der Waals surface area contributed by atoms with E-state index in [4.69, 9.17) is 15.2 Å². The molecular formula is C22H24N2O3. The molecule has 3 aliphatic rings. The molecule has 27 heavy (non-hydrogen) atoms. The molecule has 0 bridgehead atoms. The first-order valence-corrected chi connectivity index (χ1v) is 9.68. The summed E-state index contributed by atoms with van der Waals surface area (Å²) in [5, 5.41) is 0. The number of fused-ring (bicyclic) bond motifs is 2. The highest BCUT2D eigenvalue weighted by Crippen LogP contribution is 2.50. The fraction of sp³-hybridized carbons (Fsp3) is 0.409. The van der Waals surface area contributed by atoms with Crippen molar-refractivity contribution in [3.8, 4) is 22.6 Å². The average Bonchev–Trinajstić information content (AvgIpc) is 3.37. The number of nitrogens with zero attached hydrogens (tertiary/aromatic N) is 1. The lowest BCUT2D eigenvalue weighted by molar-refractivity contribution is 0.0713. The Balaban J connectivity index is 1.55. The molecule has 1 aliphatic carbocycles. The van der Waals surface area contributed by atoms with E-state index in [1.807, 2.05) is 48.2 Å². The molecule has 2 aromatic carbocycles. The van der Waals surface area contributed by atoms with Crippen molar-refractivity contribution in [2.75, 3.05) is 26.3 Å². The zero-order valence-corrected chi connectivity index (χ0v) is 15.5. The van der Waals surface area contributed by atoms with Gasteiger partial charge in [0.1, 0.15) is 13.2 Å². The zero-order valence-electron chi connectivity index (χ0n) is 15.5. The third-order valence-corrected chi connectivity index (χ3v) is 6.14. The minimum absolute atomic E-state index is 0.0891. The van der Waals surface area contributed by atoms with E-state index in [-0.39, 0.29) is 11.9 Å². The van der Waals surface area contributed by atoms with Crippen LogP contribution in [0.1, 0.15) is 22.3 Å². The Morgan fingerprint density at radius 1 is 1.19 bits per heavy atom. The summed E-state index contributed by atoms with van der Waals surface area (Å²) in [6.45, 7) is 4.53. The van der Waals surface area contributed by atoms with E-state index in [0.717, 1.165) is 40.3 Å². The number of rotatable bonds is 3. The molecule has 1 amide bonds. The summed E-state index contributed by atoms with van der Waals surface area (Å²) in [4.78, 5) is 15.4. The van der Waals surface area contributed by atoms with Gasteiger partial charge in [-0.2, -0.15) is 0 Å². The van der Waals surface area contributed by atoms with Gasteiger partial charge in [-0.1, -0.05) is 18.2 Å². The molecule has 2 aliphatic heterocycles. The fourth-order valence-corrected chi connectivity index (χ4v) is 4.69. The number of hydrogen-bond donors (Lipinski definition) is 1. The Bertz CT molecular complexity index is 910. The standard InChI is InChI=1S/C22H24N2O3/c1-13-3-2-4-16(22(25)24-12-15-9-17(15)18(24)11-23)21(13)14-5-6-19-20(10-14)27-8-7-26-19/h2-6,10,15,17-18H,7-9,11-12,23H2,1H3/t15-,17-,18-/m1/s1. The lowest BCUT2D eigenvalue weighted by Gasteiger charge is -2.28. The van der Waals surface area contributed by atoms with Gasteiger partial charge in [0.05, 0.1) is 0 Å². The second-order valence-corrected chi connectivity index (χ2v) is 7.78. The third kappa shape index (κ3) is 2.69. The van der Waals surface area contributed by atoms with Crippen LogP contribution in [0.2, 0.25) is 0 Å². The number of amides is 1. The summed E-state index contributed by atoms with van der Waals surface area (Å²) in [5.74, 6) is 2.83. The number of hydrogen-bond acceptors (Lipinski definition) is 4. The van der Waals surface area contributed by atoms with Crippen LogP contribution in [-0.4, -0.2) is 43.2 Å². The fourth-order valence-electron chi connectivity index (χ4n) is 4.69. The zero-order chi connectivity index (χ0) is 18.5. The van der Waals surface area contributed by atoms with Crippen molar-refractivity contribution in [1.82, 2.24) is 4.90 Å². The normalized spacial score (nSPS) is 25.3. The molecule has 5 rings (SSSR count). The molecule has 5 nitrogen and oxygen atoms in total. The van der Waals surface area contributed by atoms with Crippen LogP contribution >= 0.6 is 0 Å². The molecule has 1 saturated heterocycles. The largest absolute Gasteiger partial charge is 0.486 e. The predicted octanol–water partition coefficient (Wildman–Crippen LogP) is 2.85. The van der Waals surface area contributed by atoms with Crippen LogP contribution in [0.3, 0.4) is 0 Å². The van der Waals surface area contributed by atoms with Gasteiger partial charge in [0.15, 0.2) is 11.5 Å². The van der Waals surface area contributed by atoms with Crippen LogP contribution in [0.5, 0.6) is 11.5 Å². The van der Waals surface area contributed by atoms with Crippen molar-refractivity contribution in [3.63, 3.8) is 0 Å². The molecule has 0 aromatic heterocycles. The molecule has 3 atom stereocenters. The van der Waals surface area contributed by atoms with Crippen LogP contribution in [0.15, 0.2) is 36.4 Å². The topological polar surface area (TPSA) is 64.8 Å². The monoisotopic (exact) mass is 364 g/mol. The first-order chi connectivity index (χ1) is 13.2. The second-order valence-electron chi connectivity index (χ2n) is 7.78. The van der Waals surface area contributed by atoms with Gasteiger partial charge >= 0.3 is 0 Å². The van der Waals surface area contributed by atoms with Gasteiger partial charge in [0, 0.05) is 24.7 Å². The van der Waals surface area contributed by atoms with Gasteiger partial charge < -0.3 is 20.1 Å². The van der Waals surface area contributed by atoms with Crippen molar-refractivity contribution in [2.24, 2.45) is 17.6 Å². The summed E-state index contributed by atoms with van der Waals surface area (Å²) in [6.07, 6.45) is 1.22. The van der Waals surface area contributed by atoms with Crippen LogP contribution < -0.4 is 15.2 Å². The molecular weight excluding hydrogens is 340 g/mol. The van der Waals surface area contributed by atoms with E-state index in [1.165, 1.54) is 6.42 Å². The van der Waals surface area contributed by atoms with E-state index in [2.05, 4.69) is 0 Å². The molecule has 140 valence electrons. The van der Waals surface area contributed by atoms with E-state index >= 15 is 0 Å². The lowest BCUT2D eigenvalue weighted by atomic mass is 9.93. The summed E-state index contributed by atoms with van der Waals surface area (Å²) < 4.78 is 11.4. The molecule has 0 radical (unpaired) electrons. The molecule has 2 aromatic rings. The number of carbonyl (C=O) groups is 1. The highest BCUT2D eigenvalue weighted by atomic mass is 16.6. The van der Waals surface area contributed by atoms with Gasteiger partial charge in [0.25, 0.3) is 5.91 Å². The lowest BCUT2D eigenvalue weighted by Crippen LogP contribution is -2.43. The van der Waals surface area contributed by atoms with Gasteiger partial charge in [0.2, 0.25) is 0 Å². The van der Waals surface area contributed by atoms with Crippen LogP contribution in [0, 0.1) is 18.8 Å². The van der Waals surface area contributed by atoms with E-state index in [9.17, 15) is 4.79 Å². The van der Waals surface area contributed by atoms with Crippen molar-refractivity contribution in [1.29, 1.82) is 0 Å². The average molecular weight is 364 g/mol. The van der Waals surface area contributed by atoms with E-state index < -0.39 is 0 Å². The number of nitrogens with two attached hydrogens (primary N) is 1. The number of likely N-dealkylation sites (tertiary alicyclic amines) is 1. The Morgan fingerprint density at radius 3 is 2.81 bits per heavy atom. The molecule has 0 unspecified atom stereocenters. The van der Waals surface area contributed by atoms with Gasteiger partial charge in [-0.3, -0.25) is 4.79 Å². The van der Waals surface area contributed by atoms with Crippen LogP contribution in [0.25, 0.3) is 11.1 Å². The van der Waals surface area contributed by atoms with Crippen molar-refractivity contribution in [3.05, 3.63) is 47.5 Å². The molecule has 1 saturated carbocycles. The smallest absolute Gasteiger partial charge is 0.254 e. The summed E-state index contributed by atoms with van der Waals surface area (Å²) in [5.41, 5.74) is 9.75. The number of carbonyl (C=O) groups excluding carboxylic acids is 1. The van der Waals surface area contributed by atoms with E-state index in [0.29, 0.717) is 31.6 Å².